The van der Waals surface area contributed by atoms with E-state index in [4.69, 9.17) is 0 Å². The maximum absolute atomic E-state index is 9.22. The molecule has 2 heteroatoms. The predicted molar refractivity (Wildman–Crippen MR) is 88.9 cm³/mol. The minimum Gasteiger partial charge on any atom is -0.370 e. The topological polar surface area (TPSA) is 43.1 Å². The Morgan fingerprint density at radius 1 is 0.900 bits per heavy atom. The molecule has 2 rings (SSSR count). The highest BCUT2D eigenvalue weighted by Crippen LogP contribution is 2.23. The van der Waals surface area contributed by atoms with Crippen molar-refractivity contribution in [2.75, 3.05) is 0 Å². The molecule has 2 aromatic carbocycles. The summed E-state index contributed by atoms with van der Waals surface area (Å²) in [5, 5.41) is 2.85. The van der Waals surface area contributed by atoms with Crippen LogP contribution in [0.25, 0.3) is 10.8 Å². The van der Waals surface area contributed by atoms with Gasteiger partial charge in [0, 0.05) is 6.92 Å². The van der Waals surface area contributed by atoms with Crippen molar-refractivity contribution in [3.8, 4) is 0 Å². The smallest absolute Gasteiger partial charge is 0.214 e. The molecule has 2 N–H and O–H groups in total. The van der Waals surface area contributed by atoms with E-state index in [0.717, 1.165) is 12.8 Å². The van der Waals surface area contributed by atoms with Crippen LogP contribution in [0, 0.1) is 0 Å². The van der Waals surface area contributed by atoms with Crippen molar-refractivity contribution in [2.24, 2.45) is 5.73 Å². The molecule has 0 atom stereocenters. The third-order valence-electron chi connectivity index (χ3n) is 2.87. The first kappa shape index (κ1) is 18.2. The van der Waals surface area contributed by atoms with Gasteiger partial charge in [-0.2, -0.15) is 0 Å². The molecule has 0 saturated heterocycles. The fourth-order valence-corrected chi connectivity index (χ4v) is 2.04. The number of carbonyl (C=O) groups excluding carboxylic acids is 1. The third kappa shape index (κ3) is 5.43. The van der Waals surface area contributed by atoms with Gasteiger partial charge >= 0.3 is 0 Å². The highest BCUT2D eigenvalue weighted by Gasteiger charge is 2.01. The lowest BCUT2D eigenvalue weighted by molar-refractivity contribution is -0.115. The zero-order valence-electron chi connectivity index (χ0n) is 13.4. The van der Waals surface area contributed by atoms with Gasteiger partial charge in [-0.25, -0.2) is 0 Å². The van der Waals surface area contributed by atoms with Crippen LogP contribution < -0.4 is 5.73 Å². The first-order valence-electron chi connectivity index (χ1n) is 7.35. The van der Waals surface area contributed by atoms with Gasteiger partial charge in [0.1, 0.15) is 0 Å². The SMILES string of the molecule is CC.CC(N)=O.CCc1ccc(CC)c2ccccc12. The second-order valence-electron chi connectivity index (χ2n) is 4.25. The van der Waals surface area contributed by atoms with Gasteiger partial charge in [0.05, 0.1) is 0 Å². The molecule has 0 fully saturated rings. The van der Waals surface area contributed by atoms with E-state index in [1.807, 2.05) is 13.8 Å². The molecule has 2 nitrogen and oxygen atoms in total. The molecule has 20 heavy (non-hydrogen) atoms. The highest BCUT2D eigenvalue weighted by atomic mass is 16.1. The Hall–Kier alpha value is -1.83. The molecule has 0 radical (unpaired) electrons. The number of aryl methyl sites for hydroxylation is 2. The first-order chi connectivity index (χ1) is 9.60. The Morgan fingerprint density at radius 3 is 1.45 bits per heavy atom. The van der Waals surface area contributed by atoms with Crippen LogP contribution in [0.1, 0.15) is 45.7 Å². The maximum Gasteiger partial charge on any atom is 0.214 e. The van der Waals surface area contributed by atoms with Crippen LogP contribution in [0.3, 0.4) is 0 Å². The van der Waals surface area contributed by atoms with Crippen molar-refractivity contribution in [1.82, 2.24) is 0 Å². The van der Waals surface area contributed by atoms with E-state index in [-0.39, 0.29) is 5.91 Å². The summed E-state index contributed by atoms with van der Waals surface area (Å²) in [5.74, 6) is -0.333. The Bertz CT molecular complexity index is 485. The second kappa shape index (κ2) is 10.0. The van der Waals surface area contributed by atoms with E-state index in [2.05, 4.69) is 56.0 Å². The Labute approximate surface area is 123 Å². The average Bonchev–Trinajstić information content (AvgIpc) is 2.47. The van der Waals surface area contributed by atoms with Crippen molar-refractivity contribution in [3.05, 3.63) is 47.5 Å². The van der Waals surface area contributed by atoms with Gasteiger partial charge in [0.15, 0.2) is 0 Å². The molecule has 0 aliphatic heterocycles. The Kier molecular flexibility index (Phi) is 9.10. The number of fused-ring (bicyclic) bond motifs is 1. The number of nitrogens with two attached hydrogens (primary N) is 1. The van der Waals surface area contributed by atoms with Gasteiger partial charge < -0.3 is 5.73 Å². The van der Waals surface area contributed by atoms with Crippen LogP contribution in [0.5, 0.6) is 0 Å². The quantitative estimate of drug-likeness (QED) is 0.861. The molecule has 1 amide bonds. The van der Waals surface area contributed by atoms with E-state index in [9.17, 15) is 4.79 Å². The number of benzene rings is 2. The molecule has 0 aliphatic rings. The number of hydrogen-bond acceptors (Lipinski definition) is 1. The van der Waals surface area contributed by atoms with Crippen LogP contribution >= 0.6 is 0 Å². The largest absolute Gasteiger partial charge is 0.370 e. The zero-order chi connectivity index (χ0) is 15.5. The minimum absolute atomic E-state index is 0.333. The minimum atomic E-state index is -0.333. The highest BCUT2D eigenvalue weighted by molar-refractivity contribution is 5.88. The number of hydrogen-bond donors (Lipinski definition) is 1. The molecule has 2 aromatic rings. The summed E-state index contributed by atoms with van der Waals surface area (Å²) in [7, 11) is 0. The van der Waals surface area contributed by atoms with Crippen molar-refractivity contribution in [3.63, 3.8) is 0 Å². The molecule has 0 aliphatic carbocycles. The van der Waals surface area contributed by atoms with Gasteiger partial charge in [-0.1, -0.05) is 64.1 Å². The van der Waals surface area contributed by atoms with Crippen molar-refractivity contribution in [1.29, 1.82) is 0 Å². The predicted octanol–water partition coefficient (Wildman–Crippen LogP) is 4.48. The summed E-state index contributed by atoms with van der Waals surface area (Å²) < 4.78 is 0. The summed E-state index contributed by atoms with van der Waals surface area (Å²) in [6, 6.07) is 13.2. The Balaban J connectivity index is 0.000000521. The molecule has 0 aromatic heterocycles. The summed E-state index contributed by atoms with van der Waals surface area (Å²) in [4.78, 5) is 9.22. The molecular weight excluding hydrogens is 246 g/mol. The second-order valence-corrected chi connectivity index (χ2v) is 4.25. The van der Waals surface area contributed by atoms with Gasteiger partial charge in [-0.05, 0) is 34.7 Å². The fourth-order valence-electron chi connectivity index (χ4n) is 2.04. The molecule has 110 valence electrons. The maximum atomic E-state index is 9.22. The van der Waals surface area contributed by atoms with E-state index in [1.54, 1.807) is 0 Å². The molecule has 0 spiro atoms. The van der Waals surface area contributed by atoms with Crippen molar-refractivity contribution >= 4 is 16.7 Å². The normalized spacial score (nSPS) is 9.05. The molecule has 0 unspecified atom stereocenters. The van der Waals surface area contributed by atoms with E-state index >= 15 is 0 Å². The van der Waals surface area contributed by atoms with Gasteiger partial charge in [0.2, 0.25) is 5.91 Å². The standard InChI is InChI=1S/C14H16.C2H5NO.C2H6/c1-3-11-9-10-12(4-2)14-8-6-5-7-13(11)14;1-2(3)4;1-2/h5-10H,3-4H2,1-2H3;1H3,(H2,3,4);1-2H3. The summed E-state index contributed by atoms with van der Waals surface area (Å²) in [6.07, 6.45) is 2.23. The fraction of sp³-hybridized carbons (Fsp3) is 0.389. The monoisotopic (exact) mass is 273 g/mol. The van der Waals surface area contributed by atoms with Crippen molar-refractivity contribution in [2.45, 2.75) is 47.5 Å². The molecular formula is C18H27NO. The lowest BCUT2D eigenvalue weighted by atomic mass is 9.97. The summed E-state index contributed by atoms with van der Waals surface area (Å²) >= 11 is 0. The molecule has 0 saturated carbocycles. The summed E-state index contributed by atoms with van der Waals surface area (Å²) in [5.41, 5.74) is 7.38. The van der Waals surface area contributed by atoms with Crippen LogP contribution in [-0.2, 0) is 17.6 Å². The first-order valence-corrected chi connectivity index (χ1v) is 7.35. The molecule has 0 heterocycles. The van der Waals surface area contributed by atoms with Crippen LogP contribution in [0.4, 0.5) is 0 Å². The van der Waals surface area contributed by atoms with Crippen LogP contribution in [0.15, 0.2) is 36.4 Å². The lowest BCUT2D eigenvalue weighted by Gasteiger charge is -2.08. The number of primary amides is 1. The lowest BCUT2D eigenvalue weighted by Crippen LogP contribution is -2.01. The summed E-state index contributed by atoms with van der Waals surface area (Å²) in [6.45, 7) is 9.74. The third-order valence-corrected chi connectivity index (χ3v) is 2.87. The van der Waals surface area contributed by atoms with E-state index in [1.165, 1.54) is 28.8 Å². The van der Waals surface area contributed by atoms with Gasteiger partial charge in [-0.15, -0.1) is 0 Å². The molecule has 0 bridgehead atoms. The van der Waals surface area contributed by atoms with Crippen LogP contribution in [0.2, 0.25) is 0 Å². The number of carbonyl (C=O) groups is 1. The number of rotatable bonds is 2. The van der Waals surface area contributed by atoms with Gasteiger partial charge in [0.25, 0.3) is 0 Å². The van der Waals surface area contributed by atoms with Gasteiger partial charge in [-0.3, -0.25) is 4.79 Å². The van der Waals surface area contributed by atoms with Crippen molar-refractivity contribution < 1.29 is 4.79 Å². The Morgan fingerprint density at radius 2 is 1.20 bits per heavy atom. The average molecular weight is 273 g/mol. The van der Waals surface area contributed by atoms with E-state index < -0.39 is 0 Å². The van der Waals surface area contributed by atoms with Crippen LogP contribution in [-0.4, -0.2) is 5.91 Å². The number of amides is 1. The van der Waals surface area contributed by atoms with E-state index in [0.29, 0.717) is 0 Å². The zero-order valence-corrected chi connectivity index (χ0v) is 13.4.